The second kappa shape index (κ2) is 12.4. The van der Waals surface area contributed by atoms with Crippen molar-refractivity contribution in [3.05, 3.63) is 5.82 Å². The SMILES string of the molecule is COCN(COC)c1nc(CCC(Br)(Br)Br)nc(N(COC)COC)n1. The van der Waals surface area contributed by atoms with Gasteiger partial charge in [-0.2, -0.15) is 15.0 Å². The molecule has 9 nitrogen and oxygen atoms in total. The molecule has 0 saturated carbocycles. The number of aromatic nitrogens is 3. The van der Waals surface area contributed by atoms with E-state index in [4.69, 9.17) is 18.9 Å². The molecular weight excluding hydrogens is 542 g/mol. The lowest BCUT2D eigenvalue weighted by atomic mass is 10.3. The van der Waals surface area contributed by atoms with Gasteiger partial charge in [-0.05, 0) is 6.42 Å². The zero-order valence-corrected chi connectivity index (χ0v) is 20.0. The summed E-state index contributed by atoms with van der Waals surface area (Å²) < 4.78 is 20.5. The monoisotopic (exact) mass is 563 g/mol. The van der Waals surface area contributed by atoms with E-state index in [-0.39, 0.29) is 29.1 Å². The summed E-state index contributed by atoms with van der Waals surface area (Å²) in [7, 11) is 6.40. The Kier molecular flexibility index (Phi) is 11.4. The van der Waals surface area contributed by atoms with Crippen molar-refractivity contribution < 1.29 is 18.9 Å². The number of methoxy groups -OCH3 is 4. The van der Waals surface area contributed by atoms with Gasteiger partial charge in [0, 0.05) is 34.9 Å². The lowest BCUT2D eigenvalue weighted by Gasteiger charge is -2.25. The Morgan fingerprint density at radius 3 is 1.42 bits per heavy atom. The van der Waals surface area contributed by atoms with Gasteiger partial charge in [-0.25, -0.2) is 0 Å². The average molecular weight is 566 g/mol. The molecule has 0 spiro atoms. The first kappa shape index (κ1) is 23.9. The molecule has 1 heterocycles. The molecule has 0 fully saturated rings. The zero-order chi connectivity index (χ0) is 19.6. The van der Waals surface area contributed by atoms with Crippen LogP contribution in [0.25, 0.3) is 0 Å². The Balaban J connectivity index is 3.22. The van der Waals surface area contributed by atoms with Crippen LogP contribution in [0.5, 0.6) is 0 Å². The van der Waals surface area contributed by atoms with Crippen LogP contribution in [0.3, 0.4) is 0 Å². The first-order valence-electron chi connectivity index (χ1n) is 7.62. The minimum atomic E-state index is -0.378. The van der Waals surface area contributed by atoms with Gasteiger partial charge in [0.15, 0.2) is 0 Å². The molecule has 0 aliphatic heterocycles. The largest absolute Gasteiger partial charge is 0.364 e. The van der Waals surface area contributed by atoms with Gasteiger partial charge in [-0.1, -0.05) is 47.8 Å². The van der Waals surface area contributed by atoms with E-state index in [2.05, 4.69) is 62.7 Å². The molecule has 1 rings (SSSR count). The van der Waals surface area contributed by atoms with Crippen molar-refractivity contribution in [2.24, 2.45) is 0 Å². The summed E-state index contributed by atoms with van der Waals surface area (Å²) in [5.74, 6) is 1.53. The Labute approximate surface area is 179 Å². The van der Waals surface area contributed by atoms with Gasteiger partial charge in [0.25, 0.3) is 0 Å². The number of aryl methyl sites for hydroxylation is 1. The molecule has 0 aliphatic carbocycles. The fourth-order valence-corrected chi connectivity index (χ4v) is 2.57. The van der Waals surface area contributed by atoms with E-state index in [9.17, 15) is 0 Å². The number of nitrogens with zero attached hydrogens (tertiary/aromatic N) is 5. The highest BCUT2D eigenvalue weighted by molar-refractivity contribution is 9.39. The molecule has 0 aliphatic rings. The summed E-state index contributed by atoms with van der Waals surface area (Å²) in [4.78, 5) is 17.1. The van der Waals surface area contributed by atoms with Crippen LogP contribution in [0, 0.1) is 0 Å². The molecule has 1 aromatic heterocycles. The van der Waals surface area contributed by atoms with Crippen LogP contribution < -0.4 is 9.80 Å². The summed E-state index contributed by atoms with van der Waals surface area (Å²) in [6.45, 7) is 1.13. The lowest BCUT2D eigenvalue weighted by molar-refractivity contribution is 0.136. The summed E-state index contributed by atoms with van der Waals surface area (Å²) >= 11 is 10.5. The Morgan fingerprint density at radius 1 is 0.731 bits per heavy atom. The van der Waals surface area contributed by atoms with Gasteiger partial charge in [0.1, 0.15) is 34.9 Å². The normalized spacial score (nSPS) is 11.7. The van der Waals surface area contributed by atoms with E-state index in [1.807, 2.05) is 0 Å². The maximum absolute atomic E-state index is 5.22. The van der Waals surface area contributed by atoms with Crippen LogP contribution in [0.1, 0.15) is 12.2 Å². The fraction of sp³-hybridized carbons (Fsp3) is 0.786. The van der Waals surface area contributed by atoms with Gasteiger partial charge >= 0.3 is 0 Å². The van der Waals surface area contributed by atoms with Crippen LogP contribution in [0.4, 0.5) is 11.9 Å². The maximum Gasteiger partial charge on any atom is 0.234 e. The third kappa shape index (κ3) is 8.72. The number of ether oxygens (including phenoxy) is 4. The highest BCUT2D eigenvalue weighted by Crippen LogP contribution is 2.37. The molecule has 26 heavy (non-hydrogen) atoms. The molecule has 12 heteroatoms. The summed E-state index contributed by atoms with van der Waals surface area (Å²) in [6.07, 6.45) is 1.31. The summed E-state index contributed by atoms with van der Waals surface area (Å²) in [6, 6.07) is 0. The van der Waals surface area contributed by atoms with Crippen LogP contribution in [-0.4, -0.2) is 72.5 Å². The van der Waals surface area contributed by atoms with Crippen LogP contribution >= 0.6 is 47.8 Å². The van der Waals surface area contributed by atoms with E-state index >= 15 is 0 Å². The Morgan fingerprint density at radius 2 is 1.12 bits per heavy atom. The minimum absolute atomic E-state index is 0.282. The molecule has 0 aromatic carbocycles. The highest BCUT2D eigenvalue weighted by Gasteiger charge is 2.21. The first-order valence-corrected chi connectivity index (χ1v) is 9.99. The third-order valence-electron chi connectivity index (χ3n) is 3.00. The molecule has 0 atom stereocenters. The molecule has 0 N–H and O–H groups in total. The zero-order valence-electron chi connectivity index (χ0n) is 15.2. The molecule has 0 bridgehead atoms. The molecule has 0 amide bonds. The van der Waals surface area contributed by atoms with Crippen molar-refractivity contribution in [2.45, 2.75) is 15.0 Å². The third-order valence-corrected chi connectivity index (χ3v) is 4.19. The van der Waals surface area contributed by atoms with Crippen molar-refractivity contribution >= 4 is 59.7 Å². The molecule has 0 radical (unpaired) electrons. The predicted octanol–water partition coefficient (Wildman–Crippen LogP) is 2.67. The quantitative estimate of drug-likeness (QED) is 0.281. The van der Waals surface area contributed by atoms with E-state index in [0.29, 0.717) is 30.6 Å². The molecule has 150 valence electrons. The summed E-state index contributed by atoms with van der Waals surface area (Å²) in [5.41, 5.74) is 0. The Hall–Kier alpha value is -0.110. The number of rotatable bonds is 12. The highest BCUT2D eigenvalue weighted by atomic mass is 80.0. The number of alkyl halides is 3. The minimum Gasteiger partial charge on any atom is -0.364 e. The second-order valence-electron chi connectivity index (χ2n) is 5.22. The van der Waals surface area contributed by atoms with Gasteiger partial charge in [-0.3, -0.25) is 9.80 Å². The summed E-state index contributed by atoms with van der Waals surface area (Å²) in [5, 5.41) is 0. The predicted molar refractivity (Wildman–Crippen MR) is 110 cm³/mol. The van der Waals surface area contributed by atoms with E-state index in [1.54, 1.807) is 38.2 Å². The van der Waals surface area contributed by atoms with Crippen molar-refractivity contribution in [2.75, 3.05) is 65.2 Å². The van der Waals surface area contributed by atoms with Gasteiger partial charge in [0.05, 0.1) is 0 Å². The van der Waals surface area contributed by atoms with Gasteiger partial charge in [0.2, 0.25) is 11.9 Å². The van der Waals surface area contributed by atoms with Gasteiger partial charge in [-0.15, -0.1) is 0 Å². The van der Waals surface area contributed by atoms with Crippen molar-refractivity contribution in [3.63, 3.8) is 0 Å². The molecule has 0 unspecified atom stereocenters. The standard InChI is InChI=1S/C14H24Br3N5O4/c1-23-7-21(8-24-2)12-18-11(5-6-14(15,16)17)19-13(20-12)22(9-25-3)10-26-4/h5-10H2,1-4H3. The average Bonchev–Trinajstić information content (AvgIpc) is 2.59. The second-order valence-corrected chi connectivity index (χ2v) is 12.5. The smallest absolute Gasteiger partial charge is 0.234 e. The number of anilines is 2. The fourth-order valence-electron chi connectivity index (χ4n) is 1.97. The van der Waals surface area contributed by atoms with Crippen molar-refractivity contribution in [1.29, 1.82) is 0 Å². The number of hydrogen-bond donors (Lipinski definition) is 0. The van der Waals surface area contributed by atoms with Crippen molar-refractivity contribution in [3.8, 4) is 0 Å². The van der Waals surface area contributed by atoms with Crippen LogP contribution in [0.15, 0.2) is 0 Å². The molecule has 0 saturated heterocycles. The maximum atomic E-state index is 5.22. The van der Waals surface area contributed by atoms with Gasteiger partial charge < -0.3 is 18.9 Å². The van der Waals surface area contributed by atoms with Crippen LogP contribution in [0.2, 0.25) is 0 Å². The number of halogens is 3. The van der Waals surface area contributed by atoms with Crippen LogP contribution in [-0.2, 0) is 25.4 Å². The van der Waals surface area contributed by atoms with E-state index in [1.165, 1.54) is 0 Å². The first-order chi connectivity index (χ1) is 12.3. The van der Waals surface area contributed by atoms with E-state index in [0.717, 1.165) is 0 Å². The Bertz CT molecular complexity index is 490. The molecule has 1 aromatic rings. The number of hydrogen-bond acceptors (Lipinski definition) is 9. The lowest BCUT2D eigenvalue weighted by Crippen LogP contribution is -2.33. The topological polar surface area (TPSA) is 82.1 Å². The molecular formula is C14H24Br3N5O4. The van der Waals surface area contributed by atoms with Crippen molar-refractivity contribution in [1.82, 2.24) is 15.0 Å². The van der Waals surface area contributed by atoms with E-state index < -0.39 is 0 Å².